The Balaban J connectivity index is 2.35. The van der Waals surface area contributed by atoms with E-state index in [-0.39, 0.29) is 5.41 Å². The molecule has 0 spiro atoms. The summed E-state index contributed by atoms with van der Waals surface area (Å²) in [6.07, 6.45) is 5.99. The minimum atomic E-state index is -0.236. The van der Waals surface area contributed by atoms with Crippen molar-refractivity contribution in [2.24, 2.45) is 16.3 Å². The molecular weight excluding hydrogens is 202 g/mol. The second-order valence-corrected chi connectivity index (χ2v) is 5.53. The van der Waals surface area contributed by atoms with Gasteiger partial charge in [-0.25, -0.2) is 0 Å². The van der Waals surface area contributed by atoms with Crippen LogP contribution in [0.15, 0.2) is 5.16 Å². The van der Waals surface area contributed by atoms with Crippen LogP contribution in [0, 0.1) is 5.41 Å². The fourth-order valence-corrected chi connectivity index (χ4v) is 2.16. The summed E-state index contributed by atoms with van der Waals surface area (Å²) < 4.78 is 0. The Labute approximate surface area is 98.3 Å². The summed E-state index contributed by atoms with van der Waals surface area (Å²) in [5.41, 5.74) is 5.79. The molecule has 0 heterocycles. The van der Waals surface area contributed by atoms with Gasteiger partial charge in [-0.15, -0.1) is 0 Å². The molecule has 0 unspecified atom stereocenters. The topological polar surface area (TPSA) is 70.6 Å². The quantitative estimate of drug-likeness (QED) is 0.281. The van der Waals surface area contributed by atoms with E-state index in [2.05, 4.69) is 17.4 Å². The van der Waals surface area contributed by atoms with Crippen molar-refractivity contribution >= 4 is 5.84 Å². The van der Waals surface area contributed by atoms with Crippen LogP contribution < -0.4 is 11.1 Å². The predicted octanol–water partition coefficient (Wildman–Crippen LogP) is 2.07. The van der Waals surface area contributed by atoms with Gasteiger partial charge >= 0.3 is 0 Å². The molecule has 1 fully saturated rings. The summed E-state index contributed by atoms with van der Waals surface area (Å²) in [4.78, 5) is 0. The molecule has 1 aliphatic carbocycles. The normalized spacial score (nSPS) is 20.6. The summed E-state index contributed by atoms with van der Waals surface area (Å²) in [5, 5.41) is 15.4. The number of nitrogens with zero attached hydrogens (tertiary/aromatic N) is 1. The number of hydrogen-bond acceptors (Lipinski definition) is 3. The van der Waals surface area contributed by atoms with Crippen LogP contribution in [0.3, 0.4) is 0 Å². The number of nitrogens with two attached hydrogens (primary N) is 1. The third-order valence-electron chi connectivity index (χ3n) is 4.04. The standard InChI is InChI=1S/C12H25N3O/c1-4-12(6-5-7-12)14-9-8-11(2,3)10(13)15-16/h14,16H,4-9H2,1-3H3,(H2,13,15). The molecule has 1 aliphatic rings. The third-order valence-corrected chi connectivity index (χ3v) is 4.04. The highest BCUT2D eigenvalue weighted by atomic mass is 16.4. The molecule has 0 aromatic rings. The van der Waals surface area contributed by atoms with Crippen molar-refractivity contribution in [1.29, 1.82) is 0 Å². The number of rotatable bonds is 6. The zero-order valence-corrected chi connectivity index (χ0v) is 10.7. The number of amidine groups is 1. The Hall–Kier alpha value is -0.770. The predicted molar refractivity (Wildman–Crippen MR) is 66.7 cm³/mol. The first-order valence-electron chi connectivity index (χ1n) is 6.19. The van der Waals surface area contributed by atoms with Gasteiger partial charge in [-0.2, -0.15) is 0 Å². The molecule has 0 bridgehead atoms. The van der Waals surface area contributed by atoms with Gasteiger partial charge in [0.15, 0.2) is 0 Å². The minimum Gasteiger partial charge on any atom is -0.409 e. The molecule has 0 aliphatic heterocycles. The van der Waals surface area contributed by atoms with Gasteiger partial charge < -0.3 is 16.3 Å². The monoisotopic (exact) mass is 227 g/mol. The van der Waals surface area contributed by atoms with Crippen molar-refractivity contribution in [3.8, 4) is 0 Å². The lowest BCUT2D eigenvalue weighted by Gasteiger charge is -2.43. The second-order valence-electron chi connectivity index (χ2n) is 5.53. The lowest BCUT2D eigenvalue weighted by Crippen LogP contribution is -2.51. The van der Waals surface area contributed by atoms with E-state index < -0.39 is 0 Å². The second kappa shape index (κ2) is 5.04. The molecule has 4 N–H and O–H groups in total. The van der Waals surface area contributed by atoms with Crippen LogP contribution in [0.2, 0.25) is 0 Å². The fraction of sp³-hybridized carbons (Fsp3) is 0.917. The summed E-state index contributed by atoms with van der Waals surface area (Å²) in [6, 6.07) is 0. The highest BCUT2D eigenvalue weighted by Crippen LogP contribution is 2.34. The van der Waals surface area contributed by atoms with Crippen LogP contribution in [0.4, 0.5) is 0 Å². The van der Waals surface area contributed by atoms with Crippen LogP contribution in [0.25, 0.3) is 0 Å². The molecule has 0 amide bonds. The molecular formula is C12H25N3O. The molecule has 0 aromatic carbocycles. The molecule has 1 rings (SSSR count). The summed E-state index contributed by atoms with van der Waals surface area (Å²) in [6.45, 7) is 7.17. The van der Waals surface area contributed by atoms with Crippen molar-refractivity contribution in [3.05, 3.63) is 0 Å². The number of nitrogens with one attached hydrogen (secondary N) is 1. The molecule has 4 heteroatoms. The van der Waals surface area contributed by atoms with Gasteiger partial charge in [0, 0.05) is 11.0 Å². The van der Waals surface area contributed by atoms with E-state index in [1.165, 1.54) is 25.7 Å². The average Bonchev–Trinajstić information content (AvgIpc) is 2.20. The van der Waals surface area contributed by atoms with E-state index in [1.807, 2.05) is 13.8 Å². The van der Waals surface area contributed by atoms with Crippen LogP contribution in [0.5, 0.6) is 0 Å². The average molecular weight is 227 g/mol. The Kier molecular flexibility index (Phi) is 4.19. The first-order valence-corrected chi connectivity index (χ1v) is 6.19. The van der Waals surface area contributed by atoms with Gasteiger partial charge in [0.1, 0.15) is 5.84 Å². The maximum absolute atomic E-state index is 8.68. The van der Waals surface area contributed by atoms with Crippen molar-refractivity contribution in [2.75, 3.05) is 6.54 Å². The van der Waals surface area contributed by atoms with Crippen molar-refractivity contribution in [3.63, 3.8) is 0 Å². The first-order chi connectivity index (χ1) is 7.46. The lowest BCUT2D eigenvalue weighted by atomic mass is 9.74. The van der Waals surface area contributed by atoms with Gasteiger partial charge in [0.25, 0.3) is 0 Å². The zero-order valence-electron chi connectivity index (χ0n) is 10.7. The number of oxime groups is 1. The van der Waals surface area contributed by atoms with Gasteiger partial charge in [0.05, 0.1) is 0 Å². The summed E-state index contributed by atoms with van der Waals surface area (Å²) in [7, 11) is 0. The number of hydrogen-bond donors (Lipinski definition) is 3. The van der Waals surface area contributed by atoms with Gasteiger partial charge in [-0.05, 0) is 38.6 Å². The van der Waals surface area contributed by atoms with Crippen LogP contribution in [0.1, 0.15) is 52.9 Å². The van der Waals surface area contributed by atoms with Crippen molar-refractivity contribution in [1.82, 2.24) is 5.32 Å². The molecule has 1 saturated carbocycles. The van der Waals surface area contributed by atoms with E-state index in [0.29, 0.717) is 11.4 Å². The SMILES string of the molecule is CCC1(NCCC(C)(C)C(N)=NO)CCC1. The fourth-order valence-electron chi connectivity index (χ4n) is 2.16. The molecule has 4 nitrogen and oxygen atoms in total. The Morgan fingerprint density at radius 3 is 2.50 bits per heavy atom. The smallest absolute Gasteiger partial charge is 0.144 e. The maximum Gasteiger partial charge on any atom is 0.144 e. The summed E-state index contributed by atoms with van der Waals surface area (Å²) >= 11 is 0. The van der Waals surface area contributed by atoms with Crippen LogP contribution in [-0.4, -0.2) is 23.1 Å². The molecule has 0 saturated heterocycles. The highest BCUT2D eigenvalue weighted by Gasteiger charge is 2.34. The molecule has 0 aromatic heterocycles. The lowest BCUT2D eigenvalue weighted by molar-refractivity contribution is 0.172. The molecule has 16 heavy (non-hydrogen) atoms. The Morgan fingerprint density at radius 2 is 2.12 bits per heavy atom. The first kappa shape index (κ1) is 13.3. The minimum absolute atomic E-state index is 0.236. The van der Waals surface area contributed by atoms with Crippen molar-refractivity contribution < 1.29 is 5.21 Å². The van der Waals surface area contributed by atoms with Crippen LogP contribution >= 0.6 is 0 Å². The van der Waals surface area contributed by atoms with E-state index in [4.69, 9.17) is 10.9 Å². The Bertz CT molecular complexity index is 251. The van der Waals surface area contributed by atoms with Gasteiger partial charge in [-0.1, -0.05) is 25.9 Å². The van der Waals surface area contributed by atoms with Gasteiger partial charge in [-0.3, -0.25) is 0 Å². The largest absolute Gasteiger partial charge is 0.409 e. The van der Waals surface area contributed by atoms with E-state index in [9.17, 15) is 0 Å². The molecule has 94 valence electrons. The van der Waals surface area contributed by atoms with E-state index >= 15 is 0 Å². The van der Waals surface area contributed by atoms with Crippen molar-refractivity contribution in [2.45, 2.75) is 58.4 Å². The van der Waals surface area contributed by atoms with Crippen LogP contribution in [-0.2, 0) is 0 Å². The highest BCUT2D eigenvalue weighted by molar-refractivity contribution is 5.85. The Morgan fingerprint density at radius 1 is 1.50 bits per heavy atom. The maximum atomic E-state index is 8.68. The third kappa shape index (κ3) is 2.88. The molecule has 0 atom stereocenters. The van der Waals surface area contributed by atoms with E-state index in [1.54, 1.807) is 0 Å². The van der Waals surface area contributed by atoms with Gasteiger partial charge in [0.2, 0.25) is 0 Å². The van der Waals surface area contributed by atoms with E-state index in [0.717, 1.165) is 13.0 Å². The molecule has 0 radical (unpaired) electrons. The zero-order chi connectivity index (χ0) is 12.2. The summed E-state index contributed by atoms with van der Waals surface area (Å²) in [5.74, 6) is 0.313.